The predicted octanol–water partition coefficient (Wildman–Crippen LogP) is 7.43. The first kappa shape index (κ1) is 27.8. The van der Waals surface area contributed by atoms with E-state index in [1.165, 1.54) is 0 Å². The van der Waals surface area contributed by atoms with Crippen LogP contribution >= 0.6 is 23.2 Å². The molecule has 0 aromatic heterocycles. The highest BCUT2D eigenvalue weighted by atomic mass is 35.5. The van der Waals surface area contributed by atoms with Crippen molar-refractivity contribution in [3.05, 3.63) is 123 Å². The van der Waals surface area contributed by atoms with Crippen LogP contribution in [0.15, 0.2) is 91.0 Å². The van der Waals surface area contributed by atoms with Gasteiger partial charge in [0.25, 0.3) is 0 Å². The van der Waals surface area contributed by atoms with E-state index in [0.717, 1.165) is 28.0 Å². The third kappa shape index (κ3) is 6.89. The fraction of sp³-hybridized carbons (Fsp3) is 0.219. The third-order valence-corrected chi connectivity index (χ3v) is 7.54. The highest BCUT2D eigenvalue weighted by Crippen LogP contribution is 2.37. The zero-order valence-corrected chi connectivity index (χ0v) is 23.4. The van der Waals surface area contributed by atoms with E-state index in [2.05, 4.69) is 5.32 Å². The number of carbonyl (C=O) groups is 1. The molecule has 1 aliphatic heterocycles. The SMILES string of the molecule is CC(NC(Cc1ccc2c(c1)OCC(c1ccc(OCc3ccc(Cl)c(Cl)c3)cc1)O2)C(=O)O)c1ccccc1. The Morgan fingerprint density at radius 1 is 0.950 bits per heavy atom. The van der Waals surface area contributed by atoms with E-state index in [9.17, 15) is 9.90 Å². The molecule has 0 bridgehead atoms. The van der Waals surface area contributed by atoms with Gasteiger partial charge in [0.2, 0.25) is 0 Å². The van der Waals surface area contributed by atoms with Crippen LogP contribution in [0.1, 0.15) is 41.3 Å². The van der Waals surface area contributed by atoms with Gasteiger partial charge in [-0.15, -0.1) is 0 Å². The van der Waals surface area contributed by atoms with Crippen molar-refractivity contribution in [2.75, 3.05) is 6.61 Å². The van der Waals surface area contributed by atoms with Crippen LogP contribution in [-0.4, -0.2) is 23.7 Å². The molecule has 5 rings (SSSR count). The molecule has 2 N–H and O–H groups in total. The van der Waals surface area contributed by atoms with Crippen molar-refractivity contribution in [3.8, 4) is 17.2 Å². The van der Waals surface area contributed by atoms with Gasteiger partial charge in [-0.25, -0.2) is 0 Å². The summed E-state index contributed by atoms with van der Waals surface area (Å²) in [6.45, 7) is 2.67. The molecule has 8 heteroatoms. The predicted molar refractivity (Wildman–Crippen MR) is 156 cm³/mol. The topological polar surface area (TPSA) is 77.0 Å². The van der Waals surface area contributed by atoms with Crippen molar-refractivity contribution >= 4 is 29.2 Å². The van der Waals surface area contributed by atoms with Gasteiger partial charge < -0.3 is 19.3 Å². The van der Waals surface area contributed by atoms with Gasteiger partial charge >= 0.3 is 5.97 Å². The van der Waals surface area contributed by atoms with Crippen molar-refractivity contribution in [2.24, 2.45) is 0 Å². The second-order valence-electron chi connectivity index (χ2n) is 9.70. The minimum atomic E-state index is -0.901. The average Bonchev–Trinajstić information content (AvgIpc) is 2.97. The number of carboxylic acids is 1. The van der Waals surface area contributed by atoms with Gasteiger partial charge in [0.05, 0.1) is 10.0 Å². The minimum absolute atomic E-state index is 0.104. The summed E-state index contributed by atoms with van der Waals surface area (Å²) < 4.78 is 18.1. The molecule has 0 aliphatic carbocycles. The third-order valence-electron chi connectivity index (χ3n) is 6.80. The highest BCUT2D eigenvalue weighted by molar-refractivity contribution is 6.42. The lowest BCUT2D eigenvalue weighted by Crippen LogP contribution is -2.40. The molecule has 6 nitrogen and oxygen atoms in total. The second kappa shape index (κ2) is 12.6. The van der Waals surface area contributed by atoms with E-state index < -0.39 is 12.0 Å². The van der Waals surface area contributed by atoms with Crippen molar-refractivity contribution in [1.29, 1.82) is 0 Å². The van der Waals surface area contributed by atoms with E-state index in [1.807, 2.05) is 85.8 Å². The molecule has 0 spiro atoms. The molecular weight excluding hydrogens is 549 g/mol. The Morgan fingerprint density at radius 3 is 2.42 bits per heavy atom. The fourth-order valence-electron chi connectivity index (χ4n) is 4.57. The molecule has 4 aromatic carbocycles. The maximum atomic E-state index is 12.0. The summed E-state index contributed by atoms with van der Waals surface area (Å²) in [7, 11) is 0. The summed E-state index contributed by atoms with van der Waals surface area (Å²) in [5.74, 6) is 1.05. The van der Waals surface area contributed by atoms with Gasteiger partial charge in [-0.05, 0) is 72.0 Å². The van der Waals surface area contributed by atoms with Crippen molar-refractivity contribution in [2.45, 2.75) is 38.1 Å². The van der Waals surface area contributed by atoms with Crippen LogP contribution in [0.3, 0.4) is 0 Å². The molecule has 0 amide bonds. The van der Waals surface area contributed by atoms with E-state index in [4.69, 9.17) is 37.4 Å². The molecule has 40 heavy (non-hydrogen) atoms. The number of aliphatic carboxylic acids is 1. The highest BCUT2D eigenvalue weighted by Gasteiger charge is 2.25. The van der Waals surface area contributed by atoms with Crippen LogP contribution in [0.25, 0.3) is 0 Å². The molecule has 3 unspecified atom stereocenters. The normalized spacial score (nSPS) is 15.7. The van der Waals surface area contributed by atoms with Crippen LogP contribution in [0.2, 0.25) is 10.0 Å². The Hall–Kier alpha value is -3.71. The Morgan fingerprint density at radius 2 is 1.70 bits per heavy atom. The van der Waals surface area contributed by atoms with Gasteiger partial charge in [0.15, 0.2) is 17.6 Å². The molecular formula is C32H29Cl2NO5. The molecule has 0 radical (unpaired) electrons. The summed E-state index contributed by atoms with van der Waals surface area (Å²) in [4.78, 5) is 12.0. The van der Waals surface area contributed by atoms with Crippen LogP contribution in [0.5, 0.6) is 17.2 Å². The lowest BCUT2D eigenvalue weighted by Gasteiger charge is -2.27. The van der Waals surface area contributed by atoms with Gasteiger partial charge in [0, 0.05) is 6.04 Å². The first-order valence-corrected chi connectivity index (χ1v) is 13.7. The smallest absolute Gasteiger partial charge is 0.321 e. The zero-order chi connectivity index (χ0) is 28.1. The number of halogens is 2. The second-order valence-corrected chi connectivity index (χ2v) is 10.5. The van der Waals surface area contributed by atoms with Crippen LogP contribution in [0, 0.1) is 0 Å². The van der Waals surface area contributed by atoms with E-state index in [0.29, 0.717) is 41.2 Å². The van der Waals surface area contributed by atoms with Crippen LogP contribution in [-0.2, 0) is 17.8 Å². The lowest BCUT2D eigenvalue weighted by atomic mass is 10.0. The standard InChI is InChI=1S/C32H29Cl2NO5/c1-20(23-5-3-2-4-6-23)35-28(32(36)37)16-21-8-14-29-30(17-21)39-19-31(40-29)24-9-11-25(12-10-24)38-18-22-7-13-26(33)27(34)15-22/h2-15,17,20,28,31,35H,16,18-19H2,1H3,(H,36,37). The lowest BCUT2D eigenvalue weighted by molar-refractivity contribution is -0.139. The largest absolute Gasteiger partial charge is 0.489 e. The number of nitrogens with one attached hydrogen (secondary N) is 1. The Bertz CT molecular complexity index is 1460. The Kier molecular flexibility index (Phi) is 8.80. The van der Waals surface area contributed by atoms with Gasteiger partial charge in [-0.2, -0.15) is 0 Å². The summed E-state index contributed by atoms with van der Waals surface area (Å²) in [6.07, 6.45) is 0.0404. The first-order valence-electron chi connectivity index (χ1n) is 13.0. The first-order chi connectivity index (χ1) is 19.4. The summed E-state index contributed by atoms with van der Waals surface area (Å²) in [6, 6.07) is 27.6. The van der Waals surface area contributed by atoms with Gasteiger partial charge in [-0.3, -0.25) is 10.1 Å². The average molecular weight is 578 g/mol. The molecule has 206 valence electrons. The van der Waals surface area contributed by atoms with Gasteiger partial charge in [-0.1, -0.05) is 77.8 Å². The minimum Gasteiger partial charge on any atom is -0.489 e. The summed E-state index contributed by atoms with van der Waals surface area (Å²) >= 11 is 12.1. The number of hydrogen-bond acceptors (Lipinski definition) is 5. The molecule has 0 saturated heterocycles. The number of rotatable bonds is 10. The Balaban J connectivity index is 1.18. The summed E-state index contributed by atoms with van der Waals surface area (Å²) in [5.41, 5.74) is 3.77. The van der Waals surface area contributed by atoms with E-state index >= 15 is 0 Å². The van der Waals surface area contributed by atoms with E-state index in [1.54, 1.807) is 12.1 Å². The monoisotopic (exact) mass is 577 g/mol. The number of ether oxygens (including phenoxy) is 3. The molecule has 1 aliphatic rings. The van der Waals surface area contributed by atoms with Crippen molar-refractivity contribution in [1.82, 2.24) is 5.32 Å². The number of benzene rings is 4. The number of fused-ring (bicyclic) bond motifs is 1. The number of carboxylic acid groups (broad SMARTS) is 1. The quantitative estimate of drug-likeness (QED) is 0.204. The van der Waals surface area contributed by atoms with E-state index in [-0.39, 0.29) is 12.1 Å². The zero-order valence-electron chi connectivity index (χ0n) is 21.8. The van der Waals surface area contributed by atoms with Crippen molar-refractivity contribution in [3.63, 3.8) is 0 Å². The maximum absolute atomic E-state index is 12.0. The fourth-order valence-corrected chi connectivity index (χ4v) is 4.90. The molecule has 1 heterocycles. The Labute approximate surface area is 243 Å². The van der Waals surface area contributed by atoms with Crippen LogP contribution in [0.4, 0.5) is 0 Å². The van der Waals surface area contributed by atoms with Crippen molar-refractivity contribution < 1.29 is 24.1 Å². The number of hydrogen-bond donors (Lipinski definition) is 2. The van der Waals surface area contributed by atoms with Gasteiger partial charge in [0.1, 0.15) is 25.0 Å². The summed E-state index contributed by atoms with van der Waals surface area (Å²) in [5, 5.41) is 14.1. The molecule has 4 aromatic rings. The molecule has 0 saturated carbocycles. The van der Waals surface area contributed by atoms with Crippen LogP contribution < -0.4 is 19.5 Å². The molecule has 0 fully saturated rings. The molecule has 3 atom stereocenters. The maximum Gasteiger partial charge on any atom is 0.321 e.